The maximum atomic E-state index is 15.2. The Kier molecular flexibility index (Phi) is 7.33. The van der Waals surface area contributed by atoms with Gasteiger partial charge in [0.15, 0.2) is 17.6 Å². The van der Waals surface area contributed by atoms with Crippen LogP contribution in [0.25, 0.3) is 0 Å². The Morgan fingerprint density at radius 3 is 2.72 bits per heavy atom. The van der Waals surface area contributed by atoms with Gasteiger partial charge in [0.05, 0.1) is 0 Å². The summed E-state index contributed by atoms with van der Waals surface area (Å²) in [6, 6.07) is 7.32. The summed E-state index contributed by atoms with van der Waals surface area (Å²) in [4.78, 5) is 32.4. The number of hydrogen-bond acceptors (Lipinski definition) is 9. The molecule has 1 aromatic heterocycles. The van der Waals surface area contributed by atoms with Gasteiger partial charge in [-0.15, -0.1) is 0 Å². The second-order valence-corrected chi connectivity index (χ2v) is 6.92. The molecule has 1 saturated heterocycles. The van der Waals surface area contributed by atoms with Crippen molar-refractivity contribution >= 4 is 20.4 Å². The molecule has 3 N–H and O–H groups in total. The molecule has 0 amide bonds. The Hall–Kier alpha value is -3.15. The summed E-state index contributed by atoms with van der Waals surface area (Å²) >= 11 is 0. The molecule has 172 valence electrons. The Balaban J connectivity index is 1.87. The van der Waals surface area contributed by atoms with Crippen molar-refractivity contribution in [2.24, 2.45) is 0 Å². The van der Waals surface area contributed by atoms with Crippen LogP contribution in [0, 0.1) is 0 Å². The number of carbonyl (C=O) groups excluding carboxylic acids is 1. The van der Waals surface area contributed by atoms with Crippen molar-refractivity contribution < 1.29 is 37.2 Å². The fraction of sp³-hybridized carbons (Fsp3) is 0.389. The Labute approximate surface area is 181 Å². The summed E-state index contributed by atoms with van der Waals surface area (Å²) in [7, 11) is -0.502. The molecule has 2 aromatic rings. The van der Waals surface area contributed by atoms with Gasteiger partial charge in [-0.25, -0.2) is 4.79 Å². The average Bonchev–Trinajstić information content (AvgIpc) is 3.01. The fourth-order valence-electron chi connectivity index (χ4n) is 2.97. The Morgan fingerprint density at radius 1 is 1.34 bits per heavy atom. The number of nitrogens with two attached hydrogens (primary N) is 1. The largest absolute Gasteiger partial charge is 0.487 e. The third-order valence-electron chi connectivity index (χ3n) is 4.45. The molecule has 0 bridgehead atoms. The lowest BCUT2D eigenvalue weighted by Crippen LogP contribution is -2.45. The molecule has 14 heteroatoms. The summed E-state index contributed by atoms with van der Waals surface area (Å²) in [5.41, 5.74) is 4.36. The van der Waals surface area contributed by atoms with Crippen LogP contribution in [0.15, 0.2) is 41.3 Å². The summed E-state index contributed by atoms with van der Waals surface area (Å²) in [6.07, 6.45) is -4.74. The lowest BCUT2D eigenvalue weighted by atomic mass is 10.1. The molecule has 3 rings (SSSR count). The molecule has 11 nitrogen and oxygen atoms in total. The molecule has 0 aliphatic carbocycles. The highest BCUT2D eigenvalue weighted by atomic mass is 31.1. The molecule has 0 unspecified atom stereocenters. The molecule has 1 aliphatic heterocycles. The normalized spacial score (nSPS) is 21.9. The van der Waals surface area contributed by atoms with Crippen molar-refractivity contribution in [2.75, 3.05) is 12.3 Å². The number of esters is 1. The van der Waals surface area contributed by atoms with Crippen molar-refractivity contribution in [3.8, 4) is 11.5 Å². The molecular weight excluding hydrogens is 453 g/mol. The van der Waals surface area contributed by atoms with Crippen LogP contribution in [0.2, 0.25) is 0 Å². The van der Waals surface area contributed by atoms with E-state index in [-0.39, 0.29) is 23.7 Å². The van der Waals surface area contributed by atoms with Gasteiger partial charge in [-0.1, -0.05) is 24.3 Å². The van der Waals surface area contributed by atoms with Gasteiger partial charge in [0.1, 0.15) is 18.5 Å². The minimum Gasteiger partial charge on any atom is -0.487 e. The molecule has 2 heterocycles. The predicted octanol–water partition coefficient (Wildman–Crippen LogP) is 1.85. The number of benzene rings is 1. The first kappa shape index (κ1) is 23.5. The van der Waals surface area contributed by atoms with Crippen LogP contribution in [0.3, 0.4) is 0 Å². The molecule has 3 atom stereocenters. The number of ether oxygens (including phenoxy) is 3. The molecule has 0 radical (unpaired) electrons. The fourth-order valence-corrected chi connectivity index (χ4v) is 3.11. The standard InChI is InChI=1S/C18H19F2N4O7P/c1-2-14(25)30-15-12(9-28-10-5-3-4-6-11(10)31-23-32-27)29-16(18(15,19)20)24-8-7-13(21)22-17(24)26/h3-8,12,15-16H,2,9H2,1H3,(H,23,27)(H2,21,22,26)/t12-,15+,16-/m1/s1. The molecule has 32 heavy (non-hydrogen) atoms. The van der Waals surface area contributed by atoms with Crippen molar-refractivity contribution in [1.29, 1.82) is 0 Å². The van der Waals surface area contributed by atoms with Crippen LogP contribution in [0.4, 0.5) is 14.6 Å². The Bertz CT molecular complexity index is 1040. The number of nitrogen functional groups attached to an aromatic ring is 1. The molecule has 1 aromatic carbocycles. The first-order chi connectivity index (χ1) is 15.3. The molecule has 0 spiro atoms. The minimum absolute atomic E-state index is 0.117. The highest BCUT2D eigenvalue weighted by molar-refractivity contribution is 7.20. The number of aromatic nitrogens is 2. The number of alkyl halides is 2. The summed E-state index contributed by atoms with van der Waals surface area (Å²) in [5.74, 6) is -4.58. The Morgan fingerprint density at radius 2 is 2.06 bits per heavy atom. The van der Waals surface area contributed by atoms with Crippen molar-refractivity contribution in [1.82, 2.24) is 14.8 Å². The van der Waals surface area contributed by atoms with E-state index in [0.717, 1.165) is 12.3 Å². The highest BCUT2D eigenvalue weighted by Gasteiger charge is 2.62. The zero-order valence-corrected chi connectivity index (χ0v) is 17.5. The average molecular weight is 472 g/mol. The van der Waals surface area contributed by atoms with E-state index in [9.17, 15) is 14.2 Å². The topological polar surface area (TPSA) is 144 Å². The lowest BCUT2D eigenvalue weighted by Gasteiger charge is -2.24. The van der Waals surface area contributed by atoms with E-state index in [0.29, 0.717) is 4.57 Å². The second kappa shape index (κ2) is 9.98. The van der Waals surface area contributed by atoms with Gasteiger partial charge >= 0.3 is 17.6 Å². The number of nitrogens with zero attached hydrogens (tertiary/aromatic N) is 2. The van der Waals surface area contributed by atoms with Crippen LogP contribution in [-0.2, 0) is 18.8 Å². The van der Waals surface area contributed by atoms with E-state index >= 15 is 8.78 Å². The van der Waals surface area contributed by atoms with Crippen LogP contribution < -0.4 is 26.2 Å². The van der Waals surface area contributed by atoms with E-state index < -0.39 is 51.2 Å². The predicted molar refractivity (Wildman–Crippen MR) is 105 cm³/mol. The van der Waals surface area contributed by atoms with Crippen LogP contribution in [0.5, 0.6) is 11.5 Å². The van der Waals surface area contributed by atoms with Gasteiger partial charge < -0.3 is 24.8 Å². The zero-order chi connectivity index (χ0) is 23.3. The molecule has 1 aliphatic rings. The summed E-state index contributed by atoms with van der Waals surface area (Å²) in [6.45, 7) is 0.962. The van der Waals surface area contributed by atoms with Crippen molar-refractivity contribution in [3.63, 3.8) is 0 Å². The number of hydrogen-bond donors (Lipinski definition) is 2. The maximum absolute atomic E-state index is 15.2. The molecular formula is C18H19F2N4O7P. The van der Waals surface area contributed by atoms with Crippen LogP contribution >= 0.6 is 8.61 Å². The number of rotatable bonds is 9. The van der Waals surface area contributed by atoms with Crippen LogP contribution in [0.1, 0.15) is 19.6 Å². The maximum Gasteiger partial charge on any atom is 0.351 e. The van der Waals surface area contributed by atoms with Gasteiger partial charge in [-0.2, -0.15) is 13.8 Å². The third-order valence-corrected chi connectivity index (χ3v) is 4.61. The summed E-state index contributed by atoms with van der Waals surface area (Å²) in [5, 5.41) is 2.09. The smallest absolute Gasteiger partial charge is 0.351 e. The number of anilines is 1. The number of halogens is 2. The van der Waals surface area contributed by atoms with E-state index in [1.807, 2.05) is 0 Å². The SMILES string of the molecule is CCC(=O)O[C@H]1[C@@H](COc2ccccc2ONP=O)O[C@@H](n2ccc(N)nc2=O)C1(F)F. The van der Waals surface area contributed by atoms with Gasteiger partial charge in [0.2, 0.25) is 6.23 Å². The zero-order valence-electron chi connectivity index (χ0n) is 16.6. The molecule has 0 saturated carbocycles. The van der Waals surface area contributed by atoms with Crippen LogP contribution in [-0.4, -0.2) is 40.3 Å². The number of nitrogens with one attached hydrogen (secondary N) is 1. The van der Waals surface area contributed by atoms with Gasteiger partial charge in [-0.3, -0.25) is 13.9 Å². The monoisotopic (exact) mass is 472 g/mol. The van der Waals surface area contributed by atoms with E-state index in [2.05, 4.69) is 10.2 Å². The minimum atomic E-state index is -3.79. The van der Waals surface area contributed by atoms with E-state index in [1.165, 1.54) is 19.1 Å². The first-order valence-electron chi connectivity index (χ1n) is 9.31. The van der Waals surface area contributed by atoms with Gasteiger partial charge in [0.25, 0.3) is 8.61 Å². The van der Waals surface area contributed by atoms with Gasteiger partial charge in [-0.05, 0) is 18.2 Å². The van der Waals surface area contributed by atoms with Crippen molar-refractivity contribution in [2.45, 2.75) is 37.7 Å². The quantitative estimate of drug-likeness (QED) is 0.315. The summed E-state index contributed by atoms with van der Waals surface area (Å²) < 4.78 is 57.4. The number of para-hydroxylation sites is 2. The lowest BCUT2D eigenvalue weighted by molar-refractivity contribution is -0.176. The van der Waals surface area contributed by atoms with Crippen molar-refractivity contribution in [3.05, 3.63) is 47.0 Å². The van der Waals surface area contributed by atoms with Gasteiger partial charge in [0, 0.05) is 12.6 Å². The second-order valence-electron chi connectivity index (χ2n) is 6.55. The first-order valence-corrected chi connectivity index (χ1v) is 10.1. The molecule has 1 fully saturated rings. The number of carbonyl (C=O) groups is 1. The highest BCUT2D eigenvalue weighted by Crippen LogP contribution is 2.44. The van der Waals surface area contributed by atoms with E-state index in [1.54, 1.807) is 12.1 Å². The van der Waals surface area contributed by atoms with E-state index in [4.69, 9.17) is 24.8 Å². The third kappa shape index (κ3) is 5.01.